The topological polar surface area (TPSA) is 58.4 Å². The van der Waals surface area contributed by atoms with Gasteiger partial charge in [0.1, 0.15) is 0 Å². The summed E-state index contributed by atoms with van der Waals surface area (Å²) in [6.45, 7) is 4.61. The van der Waals surface area contributed by atoms with E-state index in [0.717, 1.165) is 6.42 Å². The van der Waals surface area contributed by atoms with Crippen LogP contribution in [0.4, 0.5) is 0 Å². The number of benzene rings is 1. The molecule has 0 radical (unpaired) electrons. The van der Waals surface area contributed by atoms with E-state index in [1.807, 2.05) is 21.0 Å². The smallest absolute Gasteiger partial charge is 0.220 e. The zero-order valence-electron chi connectivity index (χ0n) is 13.0. The molecule has 1 amide bonds. The second kappa shape index (κ2) is 8.02. The standard InChI is InChI=1S/C16H27N3O/c1-12-5-8-14(9-6-12)15(19(3)4)11-18-16(20)10-7-13(2)17/h5-6,8-9,13,15H,7,10-11,17H2,1-4H3,(H,18,20). The van der Waals surface area contributed by atoms with Crippen LogP contribution in [0.2, 0.25) is 0 Å². The molecule has 3 N–H and O–H groups in total. The van der Waals surface area contributed by atoms with Gasteiger partial charge in [-0.3, -0.25) is 4.79 Å². The molecule has 2 unspecified atom stereocenters. The first kappa shape index (κ1) is 16.7. The highest BCUT2D eigenvalue weighted by Crippen LogP contribution is 2.17. The third-order valence-corrected chi connectivity index (χ3v) is 3.40. The highest BCUT2D eigenvalue weighted by Gasteiger charge is 2.15. The molecule has 1 aromatic rings. The zero-order valence-corrected chi connectivity index (χ0v) is 13.0. The molecule has 0 aromatic heterocycles. The Morgan fingerprint density at radius 3 is 2.40 bits per heavy atom. The molecule has 0 heterocycles. The number of likely N-dealkylation sites (N-methyl/N-ethyl adjacent to an activating group) is 1. The van der Waals surface area contributed by atoms with Crippen molar-refractivity contribution in [1.82, 2.24) is 10.2 Å². The van der Waals surface area contributed by atoms with Gasteiger partial charge in [-0.05, 0) is 39.9 Å². The summed E-state index contributed by atoms with van der Waals surface area (Å²) < 4.78 is 0. The van der Waals surface area contributed by atoms with Crippen LogP contribution in [0.5, 0.6) is 0 Å². The van der Waals surface area contributed by atoms with Gasteiger partial charge >= 0.3 is 0 Å². The zero-order chi connectivity index (χ0) is 15.1. The van der Waals surface area contributed by atoms with Crippen molar-refractivity contribution in [3.8, 4) is 0 Å². The number of carbonyl (C=O) groups excluding carboxylic acids is 1. The largest absolute Gasteiger partial charge is 0.354 e. The third-order valence-electron chi connectivity index (χ3n) is 3.40. The van der Waals surface area contributed by atoms with Gasteiger partial charge in [-0.15, -0.1) is 0 Å². The number of nitrogens with zero attached hydrogens (tertiary/aromatic N) is 1. The summed E-state index contributed by atoms with van der Waals surface area (Å²) >= 11 is 0. The van der Waals surface area contributed by atoms with E-state index in [1.165, 1.54) is 11.1 Å². The van der Waals surface area contributed by atoms with E-state index in [2.05, 4.69) is 41.4 Å². The first-order valence-corrected chi connectivity index (χ1v) is 7.15. The highest BCUT2D eigenvalue weighted by atomic mass is 16.1. The van der Waals surface area contributed by atoms with Crippen LogP contribution in [0.25, 0.3) is 0 Å². The fraction of sp³-hybridized carbons (Fsp3) is 0.562. The number of hydrogen-bond acceptors (Lipinski definition) is 3. The van der Waals surface area contributed by atoms with E-state index in [9.17, 15) is 4.79 Å². The van der Waals surface area contributed by atoms with Crippen molar-refractivity contribution in [2.24, 2.45) is 5.73 Å². The van der Waals surface area contributed by atoms with E-state index in [-0.39, 0.29) is 18.0 Å². The summed E-state index contributed by atoms with van der Waals surface area (Å²) in [6, 6.07) is 8.70. The van der Waals surface area contributed by atoms with Gasteiger partial charge in [0.05, 0.1) is 6.04 Å². The van der Waals surface area contributed by atoms with Gasteiger partial charge in [-0.1, -0.05) is 29.8 Å². The van der Waals surface area contributed by atoms with E-state index in [1.54, 1.807) is 0 Å². The van der Waals surface area contributed by atoms with Crippen LogP contribution >= 0.6 is 0 Å². The Kier molecular flexibility index (Phi) is 6.68. The Morgan fingerprint density at radius 2 is 1.90 bits per heavy atom. The molecule has 4 heteroatoms. The lowest BCUT2D eigenvalue weighted by molar-refractivity contribution is -0.121. The average Bonchev–Trinajstić information content (AvgIpc) is 2.38. The van der Waals surface area contributed by atoms with Gasteiger partial charge in [0.15, 0.2) is 0 Å². The number of carbonyl (C=O) groups is 1. The average molecular weight is 277 g/mol. The minimum absolute atomic E-state index is 0.0706. The number of nitrogens with two attached hydrogens (primary N) is 1. The molecule has 0 aliphatic carbocycles. The van der Waals surface area contributed by atoms with Gasteiger partial charge < -0.3 is 16.0 Å². The molecule has 1 aromatic carbocycles. The first-order chi connectivity index (χ1) is 9.40. The minimum Gasteiger partial charge on any atom is -0.354 e. The number of amides is 1. The third kappa shape index (κ3) is 5.72. The Bertz CT molecular complexity index is 412. The summed E-state index contributed by atoms with van der Waals surface area (Å²) in [5.41, 5.74) is 8.12. The molecule has 20 heavy (non-hydrogen) atoms. The Labute approximate surface area is 122 Å². The molecule has 0 saturated heterocycles. The molecule has 0 fully saturated rings. The summed E-state index contributed by atoms with van der Waals surface area (Å²) in [5, 5.41) is 3.00. The molecular weight excluding hydrogens is 250 g/mol. The van der Waals surface area contributed by atoms with Crippen LogP contribution < -0.4 is 11.1 Å². The molecule has 0 aliphatic heterocycles. The molecule has 112 valence electrons. The van der Waals surface area contributed by atoms with Crippen molar-refractivity contribution in [2.75, 3.05) is 20.6 Å². The van der Waals surface area contributed by atoms with E-state index in [0.29, 0.717) is 13.0 Å². The normalized spacial score (nSPS) is 14.1. The fourth-order valence-electron chi connectivity index (χ4n) is 2.04. The number of aryl methyl sites for hydroxylation is 1. The van der Waals surface area contributed by atoms with Crippen molar-refractivity contribution in [1.29, 1.82) is 0 Å². The van der Waals surface area contributed by atoms with E-state index < -0.39 is 0 Å². The van der Waals surface area contributed by atoms with E-state index >= 15 is 0 Å². The first-order valence-electron chi connectivity index (χ1n) is 7.15. The second-order valence-electron chi connectivity index (χ2n) is 5.71. The lowest BCUT2D eigenvalue weighted by Gasteiger charge is -2.25. The monoisotopic (exact) mass is 277 g/mol. The molecular formula is C16H27N3O. The van der Waals surface area contributed by atoms with Crippen LogP contribution in [0.15, 0.2) is 24.3 Å². The fourth-order valence-corrected chi connectivity index (χ4v) is 2.04. The Morgan fingerprint density at radius 1 is 1.30 bits per heavy atom. The predicted octanol–water partition coefficient (Wildman–Crippen LogP) is 1.84. The molecule has 1 rings (SSSR count). The minimum atomic E-state index is 0.0706. The highest BCUT2D eigenvalue weighted by molar-refractivity contribution is 5.75. The molecule has 0 bridgehead atoms. The van der Waals surface area contributed by atoms with Crippen LogP contribution in [-0.2, 0) is 4.79 Å². The quantitative estimate of drug-likeness (QED) is 0.799. The van der Waals surface area contributed by atoms with Crippen molar-refractivity contribution in [3.63, 3.8) is 0 Å². The van der Waals surface area contributed by atoms with Gasteiger partial charge in [-0.2, -0.15) is 0 Å². The SMILES string of the molecule is Cc1ccc(C(CNC(=O)CCC(C)N)N(C)C)cc1. The summed E-state index contributed by atoms with van der Waals surface area (Å²) in [4.78, 5) is 13.9. The maximum atomic E-state index is 11.8. The summed E-state index contributed by atoms with van der Waals surface area (Å²) in [7, 11) is 4.05. The van der Waals surface area contributed by atoms with Crippen molar-refractivity contribution in [3.05, 3.63) is 35.4 Å². The van der Waals surface area contributed by atoms with Gasteiger partial charge in [0.25, 0.3) is 0 Å². The van der Waals surface area contributed by atoms with Crippen LogP contribution in [0, 0.1) is 6.92 Å². The van der Waals surface area contributed by atoms with Crippen LogP contribution in [-0.4, -0.2) is 37.5 Å². The van der Waals surface area contributed by atoms with Gasteiger partial charge in [-0.25, -0.2) is 0 Å². The van der Waals surface area contributed by atoms with E-state index in [4.69, 9.17) is 5.73 Å². The summed E-state index contributed by atoms with van der Waals surface area (Å²) in [6.07, 6.45) is 1.22. The molecule has 4 nitrogen and oxygen atoms in total. The van der Waals surface area contributed by atoms with Crippen molar-refractivity contribution >= 4 is 5.91 Å². The van der Waals surface area contributed by atoms with Crippen LogP contribution in [0.1, 0.15) is 36.9 Å². The number of nitrogens with one attached hydrogen (secondary N) is 1. The summed E-state index contributed by atoms with van der Waals surface area (Å²) in [5.74, 6) is 0.0706. The number of hydrogen-bond donors (Lipinski definition) is 2. The Balaban J connectivity index is 2.56. The van der Waals surface area contributed by atoms with Gasteiger partial charge in [0, 0.05) is 19.0 Å². The van der Waals surface area contributed by atoms with Crippen molar-refractivity contribution < 1.29 is 4.79 Å². The van der Waals surface area contributed by atoms with Crippen LogP contribution in [0.3, 0.4) is 0 Å². The predicted molar refractivity (Wildman–Crippen MR) is 83.5 cm³/mol. The number of rotatable bonds is 7. The maximum absolute atomic E-state index is 11.8. The lowest BCUT2D eigenvalue weighted by atomic mass is 10.0. The molecule has 0 saturated carbocycles. The molecule has 0 spiro atoms. The molecule has 2 atom stereocenters. The Hall–Kier alpha value is -1.39. The lowest BCUT2D eigenvalue weighted by Crippen LogP contribution is -2.35. The maximum Gasteiger partial charge on any atom is 0.220 e. The van der Waals surface area contributed by atoms with Gasteiger partial charge in [0.2, 0.25) is 5.91 Å². The second-order valence-corrected chi connectivity index (χ2v) is 5.71. The van der Waals surface area contributed by atoms with Crippen molar-refractivity contribution in [2.45, 2.75) is 38.8 Å². The molecule has 0 aliphatic rings.